The molecule has 1 aromatic rings. The lowest BCUT2D eigenvalue weighted by Crippen LogP contribution is -2.38. The van der Waals surface area contributed by atoms with Crippen LogP contribution < -0.4 is 5.73 Å². The van der Waals surface area contributed by atoms with Crippen LogP contribution in [0.5, 0.6) is 0 Å². The van der Waals surface area contributed by atoms with E-state index in [0.29, 0.717) is 16.6 Å². The zero-order valence-electron chi connectivity index (χ0n) is 11.3. The average Bonchev–Trinajstić information content (AvgIpc) is 2.46. The maximum absolute atomic E-state index is 12.5. The van der Waals surface area contributed by atoms with Gasteiger partial charge in [0.15, 0.2) is 0 Å². The number of rotatable bonds is 3. The number of nitrogens with zero attached hydrogens (tertiary/aromatic N) is 1. The van der Waals surface area contributed by atoms with Crippen LogP contribution in [0.25, 0.3) is 0 Å². The number of amides is 1. The Bertz CT molecular complexity index is 481. The van der Waals surface area contributed by atoms with Crippen LogP contribution in [0.1, 0.15) is 48.0 Å². The topological polar surface area (TPSA) is 46.3 Å². The molecule has 0 saturated heterocycles. The predicted octanol–water partition coefficient (Wildman–Crippen LogP) is 2.73. The third kappa shape index (κ3) is 3.32. The van der Waals surface area contributed by atoms with E-state index in [1.807, 2.05) is 30.1 Å². The molecule has 0 bridgehead atoms. The Morgan fingerprint density at radius 3 is 2.53 bits per heavy atom. The lowest BCUT2D eigenvalue weighted by Gasteiger charge is -2.31. The summed E-state index contributed by atoms with van der Waals surface area (Å²) in [4.78, 5) is 14.7. The van der Waals surface area contributed by atoms with Gasteiger partial charge in [0.25, 0.3) is 5.91 Å². The van der Waals surface area contributed by atoms with Crippen LogP contribution in [0.4, 0.5) is 0 Å². The number of thiocarbonyl (C=S) groups is 1. The van der Waals surface area contributed by atoms with Crippen molar-refractivity contribution in [3.05, 3.63) is 35.4 Å². The minimum atomic E-state index is 0.0602. The highest BCUT2D eigenvalue weighted by Crippen LogP contribution is 2.23. The minimum absolute atomic E-state index is 0.0602. The Hall–Kier alpha value is -1.42. The number of benzene rings is 1. The highest BCUT2D eigenvalue weighted by molar-refractivity contribution is 7.80. The largest absolute Gasteiger partial charge is 0.389 e. The lowest BCUT2D eigenvalue weighted by molar-refractivity contribution is 0.0696. The zero-order chi connectivity index (χ0) is 13.8. The molecule has 4 heteroatoms. The van der Waals surface area contributed by atoms with Crippen molar-refractivity contribution in [1.29, 1.82) is 0 Å². The first-order valence-corrected chi connectivity index (χ1v) is 7.17. The van der Waals surface area contributed by atoms with Crippen LogP contribution >= 0.6 is 12.2 Å². The molecule has 0 spiro atoms. The van der Waals surface area contributed by atoms with Crippen LogP contribution in [-0.4, -0.2) is 28.9 Å². The van der Waals surface area contributed by atoms with Crippen molar-refractivity contribution in [3.8, 4) is 0 Å². The van der Waals surface area contributed by atoms with Crippen molar-refractivity contribution in [2.75, 3.05) is 7.05 Å². The van der Waals surface area contributed by atoms with Gasteiger partial charge in [-0.15, -0.1) is 0 Å². The Morgan fingerprint density at radius 2 is 1.89 bits per heavy atom. The van der Waals surface area contributed by atoms with E-state index in [2.05, 4.69) is 0 Å². The number of hydrogen-bond donors (Lipinski definition) is 1. The third-order valence-corrected chi connectivity index (χ3v) is 4.07. The fraction of sp³-hybridized carbons (Fsp3) is 0.467. The highest BCUT2D eigenvalue weighted by Gasteiger charge is 2.23. The SMILES string of the molecule is CN(C(=O)c1cccc(C(N)=S)c1)C1CCCCC1. The molecule has 19 heavy (non-hydrogen) atoms. The van der Waals surface area contributed by atoms with Gasteiger partial charge in [0.2, 0.25) is 0 Å². The fourth-order valence-corrected chi connectivity index (χ4v) is 2.77. The highest BCUT2D eigenvalue weighted by atomic mass is 32.1. The first-order valence-electron chi connectivity index (χ1n) is 6.76. The van der Waals surface area contributed by atoms with Gasteiger partial charge in [0.1, 0.15) is 4.99 Å². The van der Waals surface area contributed by atoms with E-state index in [0.717, 1.165) is 18.4 Å². The third-order valence-electron chi connectivity index (χ3n) is 3.84. The van der Waals surface area contributed by atoms with Crippen molar-refractivity contribution in [1.82, 2.24) is 4.90 Å². The first kappa shape index (κ1) is 14.0. The monoisotopic (exact) mass is 276 g/mol. The second-order valence-electron chi connectivity index (χ2n) is 5.15. The molecule has 2 rings (SSSR count). The molecule has 3 nitrogen and oxygen atoms in total. The van der Waals surface area contributed by atoms with Crippen LogP contribution in [0, 0.1) is 0 Å². The molecule has 0 unspecified atom stereocenters. The van der Waals surface area contributed by atoms with Gasteiger partial charge in [-0.3, -0.25) is 4.79 Å². The van der Waals surface area contributed by atoms with Gasteiger partial charge in [0.05, 0.1) is 0 Å². The molecule has 0 heterocycles. The van der Waals surface area contributed by atoms with E-state index in [-0.39, 0.29) is 5.91 Å². The van der Waals surface area contributed by atoms with E-state index in [1.165, 1.54) is 19.3 Å². The van der Waals surface area contributed by atoms with Crippen molar-refractivity contribution in [2.45, 2.75) is 38.1 Å². The lowest BCUT2D eigenvalue weighted by atomic mass is 9.94. The molecular formula is C15H20N2OS. The second kappa shape index (κ2) is 6.15. The molecular weight excluding hydrogens is 256 g/mol. The molecule has 1 aromatic carbocycles. The van der Waals surface area contributed by atoms with Crippen molar-refractivity contribution in [3.63, 3.8) is 0 Å². The summed E-state index contributed by atoms with van der Waals surface area (Å²) in [7, 11) is 1.89. The normalized spacial score (nSPS) is 16.1. The summed E-state index contributed by atoms with van der Waals surface area (Å²) in [5, 5.41) is 0. The van der Waals surface area contributed by atoms with Gasteiger partial charge in [-0.25, -0.2) is 0 Å². The van der Waals surface area contributed by atoms with Gasteiger partial charge in [-0.2, -0.15) is 0 Å². The Kier molecular flexibility index (Phi) is 4.53. The quantitative estimate of drug-likeness (QED) is 0.863. The molecule has 0 aromatic heterocycles. The van der Waals surface area contributed by atoms with E-state index >= 15 is 0 Å². The Balaban J connectivity index is 2.14. The van der Waals surface area contributed by atoms with E-state index in [9.17, 15) is 4.79 Å². The van der Waals surface area contributed by atoms with E-state index < -0.39 is 0 Å². The Labute approximate surface area is 119 Å². The van der Waals surface area contributed by atoms with Crippen LogP contribution in [0.2, 0.25) is 0 Å². The van der Waals surface area contributed by atoms with Gasteiger partial charge in [-0.05, 0) is 25.0 Å². The Morgan fingerprint density at radius 1 is 1.26 bits per heavy atom. The van der Waals surface area contributed by atoms with Crippen molar-refractivity contribution < 1.29 is 4.79 Å². The smallest absolute Gasteiger partial charge is 0.253 e. The number of hydrogen-bond acceptors (Lipinski definition) is 2. The number of carbonyl (C=O) groups excluding carboxylic acids is 1. The molecule has 0 atom stereocenters. The summed E-state index contributed by atoms with van der Waals surface area (Å²) < 4.78 is 0. The summed E-state index contributed by atoms with van der Waals surface area (Å²) in [6, 6.07) is 7.64. The standard InChI is InChI=1S/C15H20N2OS/c1-17(13-8-3-2-4-9-13)15(18)12-7-5-6-11(10-12)14(16)19/h5-7,10,13H,2-4,8-9H2,1H3,(H2,16,19). The van der Waals surface area contributed by atoms with E-state index in [4.69, 9.17) is 18.0 Å². The number of nitrogens with two attached hydrogens (primary N) is 1. The fourth-order valence-electron chi connectivity index (χ4n) is 2.64. The summed E-state index contributed by atoms with van der Waals surface area (Å²) in [6.07, 6.45) is 5.94. The molecule has 1 amide bonds. The van der Waals surface area contributed by atoms with Crippen LogP contribution in [-0.2, 0) is 0 Å². The average molecular weight is 276 g/mol. The predicted molar refractivity (Wildman–Crippen MR) is 81.3 cm³/mol. The van der Waals surface area contributed by atoms with Crippen LogP contribution in [0.3, 0.4) is 0 Å². The van der Waals surface area contributed by atoms with Gasteiger partial charge < -0.3 is 10.6 Å². The first-order chi connectivity index (χ1) is 9.09. The molecule has 0 radical (unpaired) electrons. The maximum Gasteiger partial charge on any atom is 0.253 e. The molecule has 0 aliphatic heterocycles. The maximum atomic E-state index is 12.5. The molecule has 1 aliphatic carbocycles. The van der Waals surface area contributed by atoms with Gasteiger partial charge in [-0.1, -0.05) is 43.6 Å². The summed E-state index contributed by atoms with van der Waals surface area (Å²) in [5.74, 6) is 0.0602. The van der Waals surface area contributed by atoms with Gasteiger partial charge in [0, 0.05) is 24.2 Å². The summed E-state index contributed by atoms with van der Waals surface area (Å²) in [5.41, 5.74) is 7.02. The molecule has 1 saturated carbocycles. The summed E-state index contributed by atoms with van der Waals surface area (Å²) >= 11 is 4.95. The zero-order valence-corrected chi connectivity index (χ0v) is 12.1. The van der Waals surface area contributed by atoms with Crippen molar-refractivity contribution in [2.24, 2.45) is 5.73 Å². The molecule has 1 fully saturated rings. The van der Waals surface area contributed by atoms with Crippen molar-refractivity contribution >= 4 is 23.1 Å². The molecule has 1 aliphatic rings. The van der Waals surface area contributed by atoms with E-state index in [1.54, 1.807) is 6.07 Å². The number of carbonyl (C=O) groups is 1. The second-order valence-corrected chi connectivity index (χ2v) is 5.59. The molecule has 2 N–H and O–H groups in total. The summed E-state index contributed by atoms with van der Waals surface area (Å²) in [6.45, 7) is 0. The molecule has 102 valence electrons. The minimum Gasteiger partial charge on any atom is -0.389 e. The van der Waals surface area contributed by atoms with Crippen LogP contribution in [0.15, 0.2) is 24.3 Å². The van der Waals surface area contributed by atoms with Gasteiger partial charge >= 0.3 is 0 Å².